The molecule has 0 unspecified atom stereocenters. The van der Waals surface area contributed by atoms with E-state index >= 15 is 0 Å². The van der Waals surface area contributed by atoms with Crippen molar-refractivity contribution in [3.63, 3.8) is 0 Å². The van der Waals surface area contributed by atoms with Gasteiger partial charge in [0, 0.05) is 44.5 Å². The molecule has 6 heteroatoms. The summed E-state index contributed by atoms with van der Waals surface area (Å²) in [6.45, 7) is 7.37. The summed E-state index contributed by atoms with van der Waals surface area (Å²) in [5.41, 5.74) is 2.99. The van der Waals surface area contributed by atoms with Gasteiger partial charge in [0.05, 0.1) is 13.2 Å². The van der Waals surface area contributed by atoms with Gasteiger partial charge in [0.1, 0.15) is 0 Å². The van der Waals surface area contributed by atoms with Crippen molar-refractivity contribution >= 4 is 23.6 Å². The zero-order chi connectivity index (χ0) is 21.9. The van der Waals surface area contributed by atoms with E-state index in [0.717, 1.165) is 50.4 Å². The number of carbonyl (C=O) groups is 2. The summed E-state index contributed by atoms with van der Waals surface area (Å²) in [5.74, 6) is -0.368. The standard InChI is InChI=1S/C25H31N3O3/c1-2-31-25(30)13-10-22-8-11-23(12-9-22)26-24(29)20-28-18-16-27(17-19-28)15-14-21-6-4-3-5-7-21/h3-13H,2,14-20H2,1H3,(H,26,29)/b13-10+. The molecule has 3 rings (SSSR count). The molecule has 0 bridgehead atoms. The third-order valence-corrected chi connectivity index (χ3v) is 5.28. The van der Waals surface area contributed by atoms with Crippen molar-refractivity contribution in [2.24, 2.45) is 0 Å². The van der Waals surface area contributed by atoms with Gasteiger partial charge in [-0.2, -0.15) is 0 Å². The average Bonchev–Trinajstić information content (AvgIpc) is 2.79. The zero-order valence-corrected chi connectivity index (χ0v) is 18.1. The molecule has 1 amide bonds. The molecule has 0 aromatic heterocycles. The molecule has 1 aliphatic heterocycles. The van der Waals surface area contributed by atoms with Crippen LogP contribution in [0.25, 0.3) is 6.08 Å². The van der Waals surface area contributed by atoms with Gasteiger partial charge in [0.15, 0.2) is 0 Å². The molecule has 2 aromatic rings. The summed E-state index contributed by atoms with van der Waals surface area (Å²) in [5, 5.41) is 2.95. The first-order valence-corrected chi connectivity index (χ1v) is 10.9. The second kappa shape index (κ2) is 12.0. The predicted octanol–water partition coefficient (Wildman–Crippen LogP) is 3.06. The van der Waals surface area contributed by atoms with Gasteiger partial charge in [-0.05, 0) is 42.7 Å². The summed E-state index contributed by atoms with van der Waals surface area (Å²) in [7, 11) is 0. The van der Waals surface area contributed by atoms with Crippen LogP contribution in [0.1, 0.15) is 18.1 Å². The Labute approximate surface area is 184 Å². The highest BCUT2D eigenvalue weighted by molar-refractivity contribution is 5.92. The molecular weight excluding hydrogens is 390 g/mol. The Kier molecular flexibility index (Phi) is 8.82. The highest BCUT2D eigenvalue weighted by Gasteiger charge is 2.18. The van der Waals surface area contributed by atoms with Gasteiger partial charge in [0.2, 0.25) is 5.91 Å². The highest BCUT2D eigenvalue weighted by Crippen LogP contribution is 2.12. The number of hydrogen-bond donors (Lipinski definition) is 1. The van der Waals surface area contributed by atoms with Crippen LogP contribution in [-0.4, -0.2) is 67.6 Å². The zero-order valence-electron chi connectivity index (χ0n) is 18.1. The van der Waals surface area contributed by atoms with E-state index < -0.39 is 0 Å². The minimum absolute atomic E-state index is 0.00690. The van der Waals surface area contributed by atoms with Crippen LogP contribution in [0.3, 0.4) is 0 Å². The molecule has 1 N–H and O–H groups in total. The summed E-state index contributed by atoms with van der Waals surface area (Å²) in [6.07, 6.45) is 4.16. The number of hydrogen-bond acceptors (Lipinski definition) is 5. The van der Waals surface area contributed by atoms with E-state index in [1.54, 1.807) is 13.0 Å². The molecule has 0 atom stereocenters. The number of ether oxygens (including phenoxy) is 1. The van der Waals surface area contributed by atoms with E-state index in [1.807, 2.05) is 30.3 Å². The molecule has 0 radical (unpaired) electrons. The molecule has 0 saturated carbocycles. The SMILES string of the molecule is CCOC(=O)/C=C/c1ccc(NC(=O)CN2CCN(CCc3ccccc3)CC2)cc1. The van der Waals surface area contributed by atoms with Crippen LogP contribution in [0, 0.1) is 0 Å². The van der Waals surface area contributed by atoms with Gasteiger partial charge in [0.25, 0.3) is 0 Å². The van der Waals surface area contributed by atoms with Crippen molar-refractivity contribution in [3.8, 4) is 0 Å². The normalized spacial score (nSPS) is 15.1. The van der Waals surface area contributed by atoms with Crippen LogP contribution in [0.4, 0.5) is 5.69 Å². The third kappa shape index (κ3) is 8.00. The number of rotatable bonds is 9. The maximum Gasteiger partial charge on any atom is 0.330 e. The maximum atomic E-state index is 12.4. The highest BCUT2D eigenvalue weighted by atomic mass is 16.5. The summed E-state index contributed by atoms with van der Waals surface area (Å²) in [4.78, 5) is 28.4. The first kappa shape index (κ1) is 22.7. The van der Waals surface area contributed by atoms with Gasteiger partial charge in [-0.1, -0.05) is 42.5 Å². The molecule has 164 valence electrons. The summed E-state index contributed by atoms with van der Waals surface area (Å²) >= 11 is 0. The monoisotopic (exact) mass is 421 g/mol. The van der Waals surface area contributed by atoms with Crippen molar-refractivity contribution in [2.45, 2.75) is 13.3 Å². The topological polar surface area (TPSA) is 61.9 Å². The number of carbonyl (C=O) groups excluding carboxylic acids is 2. The number of benzene rings is 2. The molecule has 1 heterocycles. The fourth-order valence-electron chi connectivity index (χ4n) is 3.54. The van der Waals surface area contributed by atoms with E-state index in [9.17, 15) is 9.59 Å². The van der Waals surface area contributed by atoms with E-state index in [0.29, 0.717) is 13.2 Å². The smallest absolute Gasteiger partial charge is 0.330 e. The Hall–Kier alpha value is -2.96. The number of esters is 1. The molecule has 0 spiro atoms. The molecule has 1 aliphatic rings. The Morgan fingerprint density at radius 3 is 2.32 bits per heavy atom. The van der Waals surface area contributed by atoms with Crippen LogP contribution in [-0.2, 0) is 20.7 Å². The Morgan fingerprint density at radius 1 is 0.968 bits per heavy atom. The van der Waals surface area contributed by atoms with E-state index in [1.165, 1.54) is 11.6 Å². The average molecular weight is 422 g/mol. The summed E-state index contributed by atoms with van der Waals surface area (Å²) < 4.78 is 4.86. The first-order valence-electron chi connectivity index (χ1n) is 10.9. The Morgan fingerprint density at radius 2 is 1.65 bits per heavy atom. The molecular formula is C25H31N3O3. The van der Waals surface area contributed by atoms with Crippen molar-refractivity contribution in [1.29, 1.82) is 0 Å². The maximum absolute atomic E-state index is 12.4. The number of nitrogens with zero attached hydrogens (tertiary/aromatic N) is 2. The van der Waals surface area contributed by atoms with Crippen molar-refractivity contribution < 1.29 is 14.3 Å². The number of piperazine rings is 1. The van der Waals surface area contributed by atoms with Gasteiger partial charge in [-0.15, -0.1) is 0 Å². The largest absolute Gasteiger partial charge is 0.463 e. The Balaban J connectivity index is 1.37. The van der Waals surface area contributed by atoms with Crippen molar-refractivity contribution in [3.05, 3.63) is 71.8 Å². The van der Waals surface area contributed by atoms with Crippen LogP contribution in [0.2, 0.25) is 0 Å². The molecule has 6 nitrogen and oxygen atoms in total. The molecule has 1 saturated heterocycles. The molecule has 0 aliphatic carbocycles. The second-order valence-corrected chi connectivity index (χ2v) is 7.61. The lowest BCUT2D eigenvalue weighted by molar-refractivity contribution is -0.137. The number of anilines is 1. The van der Waals surface area contributed by atoms with E-state index in [4.69, 9.17) is 4.74 Å². The van der Waals surface area contributed by atoms with Gasteiger partial charge < -0.3 is 15.0 Å². The first-order chi connectivity index (χ1) is 15.1. The van der Waals surface area contributed by atoms with E-state index in [2.05, 4.69) is 39.4 Å². The molecule has 31 heavy (non-hydrogen) atoms. The number of nitrogens with one attached hydrogen (secondary N) is 1. The van der Waals surface area contributed by atoms with Crippen LogP contribution in [0.15, 0.2) is 60.7 Å². The van der Waals surface area contributed by atoms with Crippen LogP contribution in [0.5, 0.6) is 0 Å². The fourth-order valence-corrected chi connectivity index (χ4v) is 3.54. The Bertz CT molecular complexity index is 857. The fraction of sp³-hybridized carbons (Fsp3) is 0.360. The van der Waals surface area contributed by atoms with Crippen LogP contribution >= 0.6 is 0 Å². The predicted molar refractivity (Wildman–Crippen MR) is 124 cm³/mol. The minimum atomic E-state index is -0.361. The molecule has 2 aromatic carbocycles. The quantitative estimate of drug-likeness (QED) is 0.498. The van der Waals surface area contributed by atoms with Crippen LogP contribution < -0.4 is 5.32 Å². The van der Waals surface area contributed by atoms with Gasteiger partial charge in [-0.25, -0.2) is 4.79 Å². The van der Waals surface area contributed by atoms with E-state index in [-0.39, 0.29) is 11.9 Å². The van der Waals surface area contributed by atoms with Gasteiger partial charge >= 0.3 is 5.97 Å². The lowest BCUT2D eigenvalue weighted by Crippen LogP contribution is -2.49. The summed E-state index contributed by atoms with van der Waals surface area (Å²) in [6, 6.07) is 17.9. The third-order valence-electron chi connectivity index (χ3n) is 5.28. The number of amides is 1. The van der Waals surface area contributed by atoms with Crippen molar-refractivity contribution in [1.82, 2.24) is 9.80 Å². The minimum Gasteiger partial charge on any atom is -0.463 e. The lowest BCUT2D eigenvalue weighted by Gasteiger charge is -2.34. The van der Waals surface area contributed by atoms with Gasteiger partial charge in [-0.3, -0.25) is 9.69 Å². The molecule has 1 fully saturated rings. The lowest BCUT2D eigenvalue weighted by atomic mass is 10.1. The second-order valence-electron chi connectivity index (χ2n) is 7.61. The van der Waals surface area contributed by atoms with Crippen molar-refractivity contribution in [2.75, 3.05) is 51.2 Å².